The summed E-state index contributed by atoms with van der Waals surface area (Å²) in [6, 6.07) is 11.0. The van der Waals surface area contributed by atoms with Gasteiger partial charge in [0, 0.05) is 17.1 Å². The van der Waals surface area contributed by atoms with E-state index in [1.54, 1.807) is 25.1 Å². The molecule has 2 aromatic carbocycles. The second-order valence-corrected chi connectivity index (χ2v) is 7.10. The number of carbonyl (C=O) groups excluding carboxylic acids is 1. The van der Waals surface area contributed by atoms with E-state index in [1.165, 1.54) is 18.2 Å². The molecule has 0 saturated carbocycles. The summed E-state index contributed by atoms with van der Waals surface area (Å²) in [5.41, 5.74) is 1.03. The van der Waals surface area contributed by atoms with Crippen LogP contribution in [0.5, 0.6) is 5.75 Å². The van der Waals surface area contributed by atoms with Crippen LogP contribution in [0, 0.1) is 6.92 Å². The number of anilines is 1. The number of hydrogen-bond acceptors (Lipinski definition) is 7. The molecule has 0 spiro atoms. The third-order valence-electron chi connectivity index (χ3n) is 3.72. The van der Waals surface area contributed by atoms with Crippen molar-refractivity contribution in [1.29, 1.82) is 0 Å². The van der Waals surface area contributed by atoms with Gasteiger partial charge in [0.1, 0.15) is 21.5 Å². The van der Waals surface area contributed by atoms with Gasteiger partial charge in [0.05, 0.1) is 4.90 Å². The molecule has 9 heteroatoms. The largest absolute Gasteiger partial charge is 0.744 e. The molecule has 8 nitrogen and oxygen atoms in total. The summed E-state index contributed by atoms with van der Waals surface area (Å²) in [7, 11) is -4.53. The first kappa shape index (κ1) is 18.6. The van der Waals surface area contributed by atoms with Crippen LogP contribution >= 0.6 is 0 Å². The van der Waals surface area contributed by atoms with Crippen LogP contribution in [0.25, 0.3) is 11.0 Å². The van der Waals surface area contributed by atoms with E-state index in [-0.39, 0.29) is 11.5 Å². The van der Waals surface area contributed by atoms with Crippen molar-refractivity contribution in [3.8, 4) is 5.75 Å². The minimum Gasteiger partial charge on any atom is -0.744 e. The summed E-state index contributed by atoms with van der Waals surface area (Å²) >= 11 is 0. The first-order chi connectivity index (χ1) is 12.7. The molecule has 1 heterocycles. The van der Waals surface area contributed by atoms with Crippen LogP contribution in [0.2, 0.25) is 0 Å². The van der Waals surface area contributed by atoms with Gasteiger partial charge in [0.25, 0.3) is 5.91 Å². The van der Waals surface area contributed by atoms with Crippen LogP contribution in [-0.2, 0) is 14.9 Å². The van der Waals surface area contributed by atoms with Crippen LogP contribution < -0.4 is 15.7 Å². The Morgan fingerprint density at radius 2 is 1.85 bits per heavy atom. The fraction of sp³-hybridized carbons (Fsp3) is 0.111. The van der Waals surface area contributed by atoms with Crippen LogP contribution in [0.3, 0.4) is 0 Å². The monoisotopic (exact) mass is 388 g/mol. The molecule has 0 atom stereocenters. The van der Waals surface area contributed by atoms with Gasteiger partial charge in [-0.15, -0.1) is 0 Å². The highest BCUT2D eigenvalue weighted by Gasteiger charge is 2.08. The van der Waals surface area contributed by atoms with Crippen molar-refractivity contribution < 1.29 is 26.9 Å². The standard InChI is InChI=1S/C18H15NO7S/c1-11-8-18(21)26-16-7-4-13(9-15(11)16)25-10-17(20)19-12-2-5-14(6-3-12)27(22,23)24/h2-9H,10H2,1H3,(H,19,20)(H,22,23,24)/p-1. The number of nitrogens with one attached hydrogen (secondary N) is 1. The Bertz CT molecular complexity index is 1160. The summed E-state index contributed by atoms with van der Waals surface area (Å²) in [6.45, 7) is 1.48. The quantitative estimate of drug-likeness (QED) is 0.523. The van der Waals surface area contributed by atoms with Gasteiger partial charge >= 0.3 is 5.63 Å². The van der Waals surface area contributed by atoms with Crippen LogP contribution in [-0.4, -0.2) is 25.5 Å². The number of fused-ring (bicyclic) bond motifs is 1. The summed E-state index contributed by atoms with van der Waals surface area (Å²) in [5, 5.41) is 3.22. The summed E-state index contributed by atoms with van der Waals surface area (Å²) in [6.07, 6.45) is 0. The highest BCUT2D eigenvalue weighted by atomic mass is 32.2. The summed E-state index contributed by atoms with van der Waals surface area (Å²) < 4.78 is 43.1. The molecular weight excluding hydrogens is 374 g/mol. The van der Waals surface area contributed by atoms with Gasteiger partial charge < -0.3 is 19.0 Å². The highest BCUT2D eigenvalue weighted by molar-refractivity contribution is 7.85. The van der Waals surface area contributed by atoms with E-state index in [9.17, 15) is 22.6 Å². The zero-order valence-electron chi connectivity index (χ0n) is 14.1. The summed E-state index contributed by atoms with van der Waals surface area (Å²) in [5.74, 6) is -0.0495. The van der Waals surface area contributed by atoms with E-state index in [0.29, 0.717) is 22.4 Å². The van der Waals surface area contributed by atoms with Crippen LogP contribution in [0.4, 0.5) is 5.69 Å². The van der Waals surface area contributed by atoms with Crippen molar-refractivity contribution >= 4 is 32.7 Å². The van der Waals surface area contributed by atoms with Crippen molar-refractivity contribution in [2.45, 2.75) is 11.8 Å². The molecule has 0 saturated heterocycles. The lowest BCUT2D eigenvalue weighted by atomic mass is 10.1. The van der Waals surface area contributed by atoms with Crippen molar-refractivity contribution in [2.75, 3.05) is 11.9 Å². The second kappa shape index (κ2) is 7.22. The molecule has 1 N–H and O–H groups in total. The summed E-state index contributed by atoms with van der Waals surface area (Å²) in [4.78, 5) is 22.9. The molecule has 140 valence electrons. The molecule has 0 aliphatic rings. The molecule has 0 radical (unpaired) electrons. The molecule has 0 aliphatic heterocycles. The maximum Gasteiger partial charge on any atom is 0.336 e. The number of benzene rings is 2. The molecule has 0 unspecified atom stereocenters. The Morgan fingerprint density at radius 1 is 1.15 bits per heavy atom. The molecule has 0 bridgehead atoms. The third-order valence-corrected chi connectivity index (χ3v) is 4.57. The van der Waals surface area contributed by atoms with Gasteiger partial charge in [-0.3, -0.25) is 4.79 Å². The Kier molecular flexibility index (Phi) is 4.98. The molecule has 0 fully saturated rings. The number of hydrogen-bond donors (Lipinski definition) is 1. The normalized spacial score (nSPS) is 11.3. The third kappa shape index (κ3) is 4.52. The van der Waals surface area contributed by atoms with Gasteiger partial charge in [-0.25, -0.2) is 13.2 Å². The first-order valence-electron chi connectivity index (χ1n) is 7.75. The molecule has 27 heavy (non-hydrogen) atoms. The molecule has 1 aromatic heterocycles. The number of ether oxygens (including phenoxy) is 1. The topological polar surface area (TPSA) is 126 Å². The van der Waals surface area contributed by atoms with E-state index in [2.05, 4.69) is 5.32 Å². The Morgan fingerprint density at radius 3 is 2.52 bits per heavy atom. The minimum absolute atomic E-state index is 0.289. The molecule has 1 amide bonds. The van der Waals surface area contributed by atoms with Crippen molar-refractivity contribution in [3.05, 3.63) is 64.5 Å². The lowest BCUT2D eigenvalue weighted by Crippen LogP contribution is -2.20. The molecular formula is C18H14NO7S-. The van der Waals surface area contributed by atoms with E-state index in [1.807, 2.05) is 0 Å². The predicted molar refractivity (Wildman–Crippen MR) is 95.8 cm³/mol. The number of rotatable bonds is 5. The van der Waals surface area contributed by atoms with Gasteiger partial charge in [-0.05, 0) is 55.0 Å². The van der Waals surface area contributed by atoms with E-state index < -0.39 is 21.7 Å². The SMILES string of the molecule is Cc1cc(=O)oc2ccc(OCC(=O)Nc3ccc(S(=O)(=O)[O-])cc3)cc12. The van der Waals surface area contributed by atoms with E-state index in [0.717, 1.165) is 17.7 Å². The second-order valence-electron chi connectivity index (χ2n) is 5.72. The molecule has 0 aliphatic carbocycles. The highest BCUT2D eigenvalue weighted by Crippen LogP contribution is 2.22. The van der Waals surface area contributed by atoms with Crippen LogP contribution in [0.1, 0.15) is 5.56 Å². The zero-order chi connectivity index (χ0) is 19.6. The first-order valence-corrected chi connectivity index (χ1v) is 9.16. The number of amides is 1. The maximum atomic E-state index is 12.0. The average Bonchev–Trinajstić information content (AvgIpc) is 2.60. The smallest absolute Gasteiger partial charge is 0.336 e. The lowest BCUT2D eigenvalue weighted by Gasteiger charge is -2.10. The van der Waals surface area contributed by atoms with Gasteiger partial charge in [0.15, 0.2) is 6.61 Å². The van der Waals surface area contributed by atoms with Crippen molar-refractivity contribution in [1.82, 2.24) is 0 Å². The van der Waals surface area contributed by atoms with Crippen LogP contribution in [0.15, 0.2) is 62.6 Å². The maximum absolute atomic E-state index is 12.0. The van der Waals surface area contributed by atoms with Crippen molar-refractivity contribution in [2.24, 2.45) is 0 Å². The number of carbonyl (C=O) groups is 1. The van der Waals surface area contributed by atoms with E-state index in [4.69, 9.17) is 9.15 Å². The molecule has 3 aromatic rings. The Balaban J connectivity index is 1.65. The Hall–Kier alpha value is -3.17. The number of aryl methyl sites for hydroxylation is 1. The Labute approximate surface area is 154 Å². The predicted octanol–water partition coefficient (Wildman–Crippen LogP) is 2.02. The van der Waals surface area contributed by atoms with Gasteiger partial charge in [0.2, 0.25) is 0 Å². The molecule has 3 rings (SSSR count). The lowest BCUT2D eigenvalue weighted by molar-refractivity contribution is -0.118. The fourth-order valence-electron chi connectivity index (χ4n) is 2.44. The van der Waals surface area contributed by atoms with Crippen molar-refractivity contribution in [3.63, 3.8) is 0 Å². The minimum atomic E-state index is -4.53. The average molecular weight is 388 g/mol. The van der Waals surface area contributed by atoms with Gasteiger partial charge in [-0.2, -0.15) is 0 Å². The van der Waals surface area contributed by atoms with Gasteiger partial charge in [-0.1, -0.05) is 0 Å². The zero-order valence-corrected chi connectivity index (χ0v) is 14.9. The van der Waals surface area contributed by atoms with E-state index >= 15 is 0 Å². The fourth-order valence-corrected chi connectivity index (χ4v) is 2.91.